The molecule has 0 unspecified atom stereocenters. The van der Waals surface area contributed by atoms with Gasteiger partial charge in [-0.25, -0.2) is 4.79 Å². The van der Waals surface area contributed by atoms with E-state index in [0.29, 0.717) is 17.9 Å². The third kappa shape index (κ3) is 5.88. The van der Waals surface area contributed by atoms with Gasteiger partial charge < -0.3 is 15.2 Å². The molecule has 3 aromatic rings. The van der Waals surface area contributed by atoms with Crippen LogP contribution in [-0.4, -0.2) is 22.1 Å². The van der Waals surface area contributed by atoms with Crippen molar-refractivity contribution in [3.8, 4) is 5.75 Å². The van der Waals surface area contributed by atoms with Crippen LogP contribution in [0.2, 0.25) is 0 Å². The Balaban J connectivity index is 1.51. The Kier molecular flexibility index (Phi) is 6.55. The molecule has 146 valence electrons. The van der Waals surface area contributed by atoms with Crippen LogP contribution in [0.15, 0.2) is 78.9 Å². The highest BCUT2D eigenvalue weighted by molar-refractivity contribution is 7.80. The number of nitrogens with one attached hydrogen (secondary N) is 2. The van der Waals surface area contributed by atoms with Gasteiger partial charge in [-0.2, -0.15) is 0 Å². The van der Waals surface area contributed by atoms with Crippen molar-refractivity contribution in [1.29, 1.82) is 0 Å². The summed E-state index contributed by atoms with van der Waals surface area (Å²) in [6.45, 7) is 0.401. The van der Waals surface area contributed by atoms with Gasteiger partial charge in [0.1, 0.15) is 12.4 Å². The van der Waals surface area contributed by atoms with Gasteiger partial charge in [-0.3, -0.25) is 10.1 Å². The smallest absolute Gasteiger partial charge is 0.335 e. The highest BCUT2D eigenvalue weighted by Crippen LogP contribution is 2.13. The summed E-state index contributed by atoms with van der Waals surface area (Å²) in [6, 6.07) is 22.6. The van der Waals surface area contributed by atoms with E-state index in [2.05, 4.69) is 10.6 Å². The molecule has 3 rings (SSSR count). The average Bonchev–Trinajstić information content (AvgIpc) is 2.73. The highest BCUT2D eigenvalue weighted by Gasteiger charge is 2.09. The van der Waals surface area contributed by atoms with Crippen LogP contribution in [-0.2, 0) is 6.61 Å². The normalized spacial score (nSPS) is 10.1. The van der Waals surface area contributed by atoms with Crippen LogP contribution in [0.1, 0.15) is 26.3 Å². The molecule has 0 saturated heterocycles. The van der Waals surface area contributed by atoms with Crippen molar-refractivity contribution in [2.24, 2.45) is 0 Å². The Morgan fingerprint density at radius 1 is 0.862 bits per heavy atom. The predicted octanol–water partition coefficient (Wildman–Crippen LogP) is 4.09. The van der Waals surface area contributed by atoms with Gasteiger partial charge in [-0.05, 0) is 66.3 Å². The number of carboxylic acids is 1. The number of carbonyl (C=O) groups is 2. The second-order valence-electron chi connectivity index (χ2n) is 6.09. The molecule has 3 N–H and O–H groups in total. The van der Waals surface area contributed by atoms with Crippen LogP contribution in [0.25, 0.3) is 0 Å². The number of amides is 1. The standard InChI is InChI=1S/C22H18N2O4S/c25-20(24-22(29)23-18-12-10-17(11-13-18)21(26)27)16-8-6-15(7-9-16)14-28-19-4-2-1-3-5-19/h1-13H,14H2,(H,26,27)(H2,23,24,25,29). The molecule has 6 nitrogen and oxygen atoms in total. The summed E-state index contributed by atoms with van der Waals surface area (Å²) in [5.41, 5.74) is 2.14. The number of para-hydroxylation sites is 1. The van der Waals surface area contributed by atoms with Crippen molar-refractivity contribution in [1.82, 2.24) is 5.32 Å². The van der Waals surface area contributed by atoms with Crippen molar-refractivity contribution in [2.45, 2.75) is 6.61 Å². The summed E-state index contributed by atoms with van der Waals surface area (Å²) in [5.74, 6) is -0.577. The van der Waals surface area contributed by atoms with Crippen molar-refractivity contribution >= 4 is 34.9 Å². The van der Waals surface area contributed by atoms with E-state index in [1.54, 1.807) is 24.3 Å². The molecule has 0 atom stereocenters. The van der Waals surface area contributed by atoms with E-state index >= 15 is 0 Å². The van der Waals surface area contributed by atoms with E-state index in [4.69, 9.17) is 22.1 Å². The zero-order valence-electron chi connectivity index (χ0n) is 15.3. The Morgan fingerprint density at radius 3 is 2.10 bits per heavy atom. The fraction of sp³-hybridized carbons (Fsp3) is 0.0455. The first-order valence-electron chi connectivity index (χ1n) is 8.74. The molecule has 0 fully saturated rings. The first-order valence-corrected chi connectivity index (χ1v) is 9.14. The number of aromatic carboxylic acids is 1. The first kappa shape index (κ1) is 20.0. The van der Waals surface area contributed by atoms with Gasteiger partial charge in [-0.1, -0.05) is 30.3 Å². The quantitative estimate of drug-likeness (QED) is 0.535. The lowest BCUT2D eigenvalue weighted by Crippen LogP contribution is -2.34. The fourth-order valence-corrected chi connectivity index (χ4v) is 2.68. The molecule has 29 heavy (non-hydrogen) atoms. The van der Waals surface area contributed by atoms with Gasteiger partial charge in [-0.15, -0.1) is 0 Å². The minimum Gasteiger partial charge on any atom is -0.489 e. The average molecular weight is 406 g/mol. The molecule has 0 aromatic heterocycles. The van der Waals surface area contributed by atoms with Gasteiger partial charge in [0.15, 0.2) is 5.11 Å². The number of benzene rings is 3. The maximum Gasteiger partial charge on any atom is 0.335 e. The first-order chi connectivity index (χ1) is 14.0. The lowest BCUT2D eigenvalue weighted by molar-refractivity contribution is 0.0696. The van der Waals surface area contributed by atoms with Gasteiger partial charge in [0.05, 0.1) is 5.56 Å². The van der Waals surface area contributed by atoms with Crippen LogP contribution in [0.4, 0.5) is 5.69 Å². The third-order valence-corrected chi connectivity index (χ3v) is 4.19. The summed E-state index contributed by atoms with van der Waals surface area (Å²) in [7, 11) is 0. The topological polar surface area (TPSA) is 87.7 Å². The predicted molar refractivity (Wildman–Crippen MR) is 114 cm³/mol. The number of ether oxygens (including phenoxy) is 1. The molecule has 7 heteroatoms. The van der Waals surface area contributed by atoms with Gasteiger partial charge in [0.25, 0.3) is 5.91 Å². The van der Waals surface area contributed by atoms with E-state index < -0.39 is 5.97 Å². The summed E-state index contributed by atoms with van der Waals surface area (Å²) < 4.78 is 5.68. The largest absolute Gasteiger partial charge is 0.489 e. The molecule has 0 heterocycles. The molecule has 1 amide bonds. The summed E-state index contributed by atoms with van der Waals surface area (Å²) in [5, 5.41) is 14.5. The molecule has 0 radical (unpaired) electrons. The molecule has 0 aliphatic heterocycles. The second-order valence-corrected chi connectivity index (χ2v) is 6.50. The van der Waals surface area contributed by atoms with E-state index in [9.17, 15) is 9.59 Å². The number of carboxylic acid groups (broad SMARTS) is 1. The van der Waals surface area contributed by atoms with Gasteiger partial charge in [0.2, 0.25) is 0 Å². The Labute approximate surface area is 173 Å². The number of anilines is 1. The van der Waals surface area contributed by atoms with Gasteiger partial charge >= 0.3 is 5.97 Å². The number of hydrogen-bond acceptors (Lipinski definition) is 4. The van der Waals surface area contributed by atoms with Gasteiger partial charge in [0, 0.05) is 11.3 Å². The zero-order chi connectivity index (χ0) is 20.6. The highest BCUT2D eigenvalue weighted by atomic mass is 32.1. The lowest BCUT2D eigenvalue weighted by Gasteiger charge is -2.10. The van der Waals surface area contributed by atoms with E-state index in [1.807, 2.05) is 42.5 Å². The maximum absolute atomic E-state index is 12.3. The molecule has 3 aromatic carbocycles. The number of rotatable bonds is 6. The zero-order valence-corrected chi connectivity index (χ0v) is 16.1. The van der Waals surface area contributed by atoms with Crippen molar-refractivity contribution in [2.75, 3.05) is 5.32 Å². The van der Waals surface area contributed by atoms with E-state index in [1.165, 1.54) is 12.1 Å². The molecular weight excluding hydrogens is 388 g/mol. The van der Waals surface area contributed by atoms with Crippen LogP contribution < -0.4 is 15.4 Å². The molecule has 0 aliphatic carbocycles. The lowest BCUT2D eigenvalue weighted by atomic mass is 10.1. The van der Waals surface area contributed by atoms with Crippen molar-refractivity contribution in [3.63, 3.8) is 0 Å². The Hall–Kier alpha value is -3.71. The minimum atomic E-state index is -1.01. The van der Waals surface area contributed by atoms with Crippen LogP contribution in [0.5, 0.6) is 5.75 Å². The SMILES string of the molecule is O=C(O)c1ccc(NC(=S)NC(=O)c2ccc(COc3ccccc3)cc2)cc1. The van der Waals surface area contributed by atoms with Crippen LogP contribution >= 0.6 is 12.2 Å². The third-order valence-electron chi connectivity index (χ3n) is 3.98. The van der Waals surface area contributed by atoms with Crippen LogP contribution in [0, 0.1) is 0 Å². The second kappa shape index (κ2) is 9.48. The van der Waals surface area contributed by atoms with E-state index in [-0.39, 0.29) is 16.6 Å². The Bertz CT molecular complexity index is 1000. The maximum atomic E-state index is 12.3. The molecule has 0 aliphatic rings. The Morgan fingerprint density at radius 2 is 1.48 bits per heavy atom. The monoisotopic (exact) mass is 406 g/mol. The number of thiocarbonyl (C=S) groups is 1. The molecule has 0 saturated carbocycles. The molecular formula is C22H18N2O4S. The van der Waals surface area contributed by atoms with Crippen molar-refractivity contribution < 1.29 is 19.4 Å². The van der Waals surface area contributed by atoms with Crippen molar-refractivity contribution in [3.05, 3.63) is 95.6 Å². The summed E-state index contributed by atoms with van der Waals surface area (Å²) in [4.78, 5) is 23.2. The minimum absolute atomic E-state index is 0.120. The number of carbonyl (C=O) groups excluding carboxylic acids is 1. The van der Waals surface area contributed by atoms with E-state index in [0.717, 1.165) is 11.3 Å². The summed E-state index contributed by atoms with van der Waals surface area (Å²) >= 11 is 5.14. The molecule has 0 spiro atoms. The molecule has 0 bridgehead atoms. The fourth-order valence-electron chi connectivity index (χ4n) is 2.47. The van der Waals surface area contributed by atoms with Crippen LogP contribution in [0.3, 0.4) is 0 Å². The summed E-state index contributed by atoms with van der Waals surface area (Å²) in [6.07, 6.45) is 0. The number of hydrogen-bond donors (Lipinski definition) is 3.